The summed E-state index contributed by atoms with van der Waals surface area (Å²) in [5.74, 6) is 0.857. The largest absolute Gasteiger partial charge is 0.341 e. The zero-order chi connectivity index (χ0) is 12.1. The summed E-state index contributed by atoms with van der Waals surface area (Å²) < 4.78 is 0. The Hall–Kier alpha value is -0.300. The van der Waals surface area contributed by atoms with Gasteiger partial charge in [0.15, 0.2) is 0 Å². The minimum absolute atomic E-state index is 0.857. The topological polar surface area (TPSA) is 16.6 Å². The van der Waals surface area contributed by atoms with Gasteiger partial charge < -0.3 is 5.32 Å². The Bertz CT molecular complexity index is 246. The first-order chi connectivity index (χ1) is 8.25. The Labute approximate surface area is 107 Å². The molecular weight excluding hydrogens is 206 g/mol. The molecule has 0 heterocycles. The smallest absolute Gasteiger partial charge is 0.0924 e. The van der Waals surface area contributed by atoms with Crippen LogP contribution in [0.2, 0.25) is 0 Å². The molecule has 0 unspecified atom stereocenters. The molecule has 0 aromatic heterocycles. The van der Waals surface area contributed by atoms with E-state index < -0.39 is 0 Å². The van der Waals surface area contributed by atoms with Gasteiger partial charge in [0, 0.05) is 5.92 Å². The van der Waals surface area contributed by atoms with Crippen molar-refractivity contribution in [2.45, 2.75) is 83.7 Å². The lowest BCUT2D eigenvalue weighted by Gasteiger charge is -2.32. The molecule has 1 heteroatoms. The predicted octanol–water partition coefficient (Wildman–Crippen LogP) is 3.41. The van der Waals surface area contributed by atoms with Crippen molar-refractivity contribution >= 4 is 0 Å². The third-order valence-corrected chi connectivity index (χ3v) is 4.59. The molecule has 0 bridgehead atoms. The van der Waals surface area contributed by atoms with Gasteiger partial charge in [0.25, 0.3) is 0 Å². The Balaban J connectivity index is 1.89. The zero-order valence-electron chi connectivity index (χ0n) is 11.8. The van der Waals surface area contributed by atoms with Crippen LogP contribution in [0, 0.1) is 5.92 Å². The fourth-order valence-electron chi connectivity index (χ4n) is 3.74. The molecule has 0 radical (unpaired) electrons. The number of rotatable bonds is 3. The van der Waals surface area contributed by atoms with E-state index in [9.17, 15) is 0 Å². The first-order valence-corrected chi connectivity index (χ1v) is 7.76. The van der Waals surface area contributed by atoms with Gasteiger partial charge in [-0.2, -0.15) is 0 Å². The Morgan fingerprint density at radius 3 is 2.24 bits per heavy atom. The molecule has 0 aromatic carbocycles. The highest BCUT2D eigenvalue weighted by Crippen LogP contribution is 2.25. The van der Waals surface area contributed by atoms with Crippen LogP contribution in [0.3, 0.4) is 0 Å². The highest BCUT2D eigenvalue weighted by Gasteiger charge is 2.29. The van der Waals surface area contributed by atoms with E-state index in [1.165, 1.54) is 63.4 Å². The van der Waals surface area contributed by atoms with E-state index in [1.807, 2.05) is 0 Å². The summed E-state index contributed by atoms with van der Waals surface area (Å²) in [6.45, 7) is 4.51. The van der Waals surface area contributed by atoms with Crippen LogP contribution in [0.1, 0.15) is 71.6 Å². The molecule has 17 heavy (non-hydrogen) atoms. The zero-order valence-corrected chi connectivity index (χ0v) is 11.8. The summed E-state index contributed by atoms with van der Waals surface area (Å²) >= 11 is 0. The molecule has 2 fully saturated rings. The van der Waals surface area contributed by atoms with Crippen molar-refractivity contribution in [3.63, 3.8) is 0 Å². The minimum atomic E-state index is 0.857. The summed E-state index contributed by atoms with van der Waals surface area (Å²) in [4.78, 5) is 0. The van der Waals surface area contributed by atoms with Crippen LogP contribution in [0.4, 0.5) is 0 Å². The predicted molar refractivity (Wildman–Crippen MR) is 74.0 cm³/mol. The van der Waals surface area contributed by atoms with Crippen molar-refractivity contribution in [3.8, 4) is 0 Å². The van der Waals surface area contributed by atoms with Crippen LogP contribution in [-0.2, 0) is 0 Å². The van der Waals surface area contributed by atoms with E-state index in [4.69, 9.17) is 0 Å². The molecule has 0 aliphatic heterocycles. The molecular formula is C16H30N+. The van der Waals surface area contributed by atoms with E-state index in [0.717, 1.165) is 18.0 Å². The normalized spacial score (nSPS) is 31.2. The molecule has 2 saturated carbocycles. The fraction of sp³-hybridized carbons (Fsp3) is 0.875. The van der Waals surface area contributed by atoms with Gasteiger partial charge in [-0.25, -0.2) is 0 Å². The maximum absolute atomic E-state index is 2.75. The van der Waals surface area contributed by atoms with Gasteiger partial charge in [0.1, 0.15) is 0 Å². The summed E-state index contributed by atoms with van der Waals surface area (Å²) in [5, 5.41) is 2.75. The second kappa shape index (κ2) is 6.58. The van der Waals surface area contributed by atoms with Crippen molar-refractivity contribution in [2.75, 3.05) is 0 Å². The highest BCUT2D eigenvalue weighted by atomic mass is 15.0. The van der Waals surface area contributed by atoms with Crippen LogP contribution >= 0.6 is 0 Å². The molecule has 2 N–H and O–H groups in total. The number of hydrogen-bond acceptors (Lipinski definition) is 0. The van der Waals surface area contributed by atoms with E-state index in [1.54, 1.807) is 0 Å². The Kier molecular flexibility index (Phi) is 5.09. The summed E-state index contributed by atoms with van der Waals surface area (Å²) in [5.41, 5.74) is 1.51. The van der Waals surface area contributed by atoms with Crippen LogP contribution < -0.4 is 5.32 Å². The lowest BCUT2D eigenvalue weighted by molar-refractivity contribution is -0.730. The Morgan fingerprint density at radius 2 is 1.53 bits per heavy atom. The summed E-state index contributed by atoms with van der Waals surface area (Å²) in [6.07, 6.45) is 15.7. The van der Waals surface area contributed by atoms with Crippen LogP contribution in [0.5, 0.6) is 0 Å². The molecule has 0 saturated heterocycles. The highest BCUT2D eigenvalue weighted by molar-refractivity contribution is 5.00. The summed E-state index contributed by atoms with van der Waals surface area (Å²) in [6, 6.07) is 1.83. The third-order valence-electron chi connectivity index (χ3n) is 4.59. The van der Waals surface area contributed by atoms with Crippen molar-refractivity contribution in [2.24, 2.45) is 5.92 Å². The molecule has 2 atom stereocenters. The maximum atomic E-state index is 2.75. The van der Waals surface area contributed by atoms with E-state index in [-0.39, 0.29) is 0 Å². The minimum Gasteiger partial charge on any atom is -0.341 e. The molecule has 0 amide bonds. The van der Waals surface area contributed by atoms with Gasteiger partial charge in [-0.1, -0.05) is 24.5 Å². The van der Waals surface area contributed by atoms with Gasteiger partial charge in [-0.05, 0) is 58.8 Å². The molecule has 0 spiro atoms. The monoisotopic (exact) mass is 236 g/mol. The van der Waals surface area contributed by atoms with E-state index in [0.29, 0.717) is 0 Å². The van der Waals surface area contributed by atoms with E-state index in [2.05, 4.69) is 25.2 Å². The standard InChI is InChI=1S/C16H29N/c1-13(2)12-14-8-6-7-11-16(14)17-15-9-4-3-5-10-15/h12,14-17H,3-11H2,1-2H3/p+1/t14-,16-/m1/s1. The lowest BCUT2D eigenvalue weighted by atomic mass is 9.82. The number of quaternary nitrogens is 1. The molecule has 98 valence electrons. The molecule has 2 aliphatic carbocycles. The first kappa shape index (κ1) is 13.1. The van der Waals surface area contributed by atoms with Crippen molar-refractivity contribution in [1.82, 2.24) is 0 Å². The molecule has 0 aromatic rings. The molecule has 2 rings (SSSR count). The van der Waals surface area contributed by atoms with Crippen LogP contribution in [0.25, 0.3) is 0 Å². The van der Waals surface area contributed by atoms with Gasteiger partial charge in [-0.3, -0.25) is 0 Å². The van der Waals surface area contributed by atoms with Gasteiger partial charge in [0.2, 0.25) is 0 Å². The Morgan fingerprint density at radius 1 is 0.882 bits per heavy atom. The first-order valence-electron chi connectivity index (χ1n) is 7.76. The second-order valence-electron chi connectivity index (χ2n) is 6.45. The number of nitrogens with two attached hydrogens (primary N) is 1. The summed E-state index contributed by atoms with van der Waals surface area (Å²) in [7, 11) is 0. The van der Waals surface area contributed by atoms with E-state index >= 15 is 0 Å². The van der Waals surface area contributed by atoms with Crippen LogP contribution in [-0.4, -0.2) is 12.1 Å². The second-order valence-corrected chi connectivity index (χ2v) is 6.45. The third kappa shape index (κ3) is 4.13. The SMILES string of the molecule is CC(C)=C[C@H]1CCCC[C@H]1[NH2+]C1CCCCC1. The number of allylic oxidation sites excluding steroid dienone is 1. The van der Waals surface area contributed by atoms with Crippen molar-refractivity contribution < 1.29 is 5.32 Å². The lowest BCUT2D eigenvalue weighted by Crippen LogP contribution is -2.96. The quantitative estimate of drug-likeness (QED) is 0.723. The molecule has 2 aliphatic rings. The van der Waals surface area contributed by atoms with Crippen LogP contribution in [0.15, 0.2) is 11.6 Å². The van der Waals surface area contributed by atoms with Crippen molar-refractivity contribution in [1.29, 1.82) is 0 Å². The van der Waals surface area contributed by atoms with Gasteiger partial charge in [-0.15, -0.1) is 0 Å². The van der Waals surface area contributed by atoms with Crippen molar-refractivity contribution in [3.05, 3.63) is 11.6 Å². The van der Waals surface area contributed by atoms with Gasteiger partial charge >= 0.3 is 0 Å². The van der Waals surface area contributed by atoms with Gasteiger partial charge in [0.05, 0.1) is 12.1 Å². The average Bonchev–Trinajstić information content (AvgIpc) is 2.32. The maximum Gasteiger partial charge on any atom is 0.0924 e. The fourth-order valence-corrected chi connectivity index (χ4v) is 3.74. The average molecular weight is 236 g/mol. The number of hydrogen-bond donors (Lipinski definition) is 1. The molecule has 1 nitrogen and oxygen atoms in total.